The Morgan fingerprint density at radius 2 is 1.03 bits per heavy atom. The predicted octanol–water partition coefficient (Wildman–Crippen LogP) is 9.45. The highest BCUT2D eigenvalue weighted by Gasteiger charge is 2.13. The molecule has 0 saturated carbocycles. The van der Waals surface area contributed by atoms with E-state index >= 15 is 0 Å². The van der Waals surface area contributed by atoms with Crippen LogP contribution in [0.25, 0.3) is 32.3 Å². The van der Waals surface area contributed by atoms with Crippen LogP contribution >= 0.6 is 0 Å². The lowest BCUT2D eigenvalue weighted by Gasteiger charge is -2.16. The Kier molecular flexibility index (Phi) is 8.79. The van der Waals surface area contributed by atoms with E-state index in [0.717, 1.165) is 25.7 Å². The molecule has 180 valence electrons. The van der Waals surface area contributed by atoms with Crippen molar-refractivity contribution in [3.8, 4) is 0 Å². The van der Waals surface area contributed by atoms with Gasteiger partial charge in [0.2, 0.25) is 0 Å². The first-order chi connectivity index (χ1) is 16.7. The molecule has 4 aromatic carbocycles. The van der Waals surface area contributed by atoms with Crippen molar-refractivity contribution in [2.75, 3.05) is 0 Å². The number of carboxylic acid groups (broad SMARTS) is 1. The zero-order valence-corrected chi connectivity index (χ0v) is 20.9. The molecule has 0 saturated heterocycles. The molecule has 2 nitrogen and oxygen atoms in total. The third kappa shape index (κ3) is 5.90. The minimum Gasteiger partial charge on any atom is -0.481 e. The normalized spacial score (nSPS) is 11.8. The molecule has 0 aliphatic heterocycles. The molecule has 0 atom stereocenters. The summed E-state index contributed by atoms with van der Waals surface area (Å²) in [5.41, 5.74) is 2.99. The number of unbranched alkanes of at least 4 members (excludes halogenated alkanes) is 9. The molecule has 34 heavy (non-hydrogen) atoms. The minimum atomic E-state index is -0.670. The standard InChI is InChI=1S/C32H40O2/c1-2-3-4-10-13-24-16-18-26-21-23-29-25(14-11-8-6-5-7-9-12-15-30(33)34)17-19-27-20-22-28(24)31(26)32(27)29/h16-23H,2-15H2,1H3,(H,33,34). The molecule has 0 bridgehead atoms. The molecule has 0 unspecified atom stereocenters. The number of hydrogen-bond donors (Lipinski definition) is 1. The quantitative estimate of drug-likeness (QED) is 0.143. The SMILES string of the molecule is CCCCCCc1ccc2ccc3c(CCCCCCCCCC(=O)O)ccc4ccc1c2c43. The van der Waals surface area contributed by atoms with Crippen LogP contribution in [0, 0.1) is 0 Å². The van der Waals surface area contributed by atoms with E-state index in [0.29, 0.717) is 6.42 Å². The van der Waals surface area contributed by atoms with Crippen molar-refractivity contribution < 1.29 is 9.90 Å². The maximum atomic E-state index is 10.6. The average Bonchev–Trinajstić information content (AvgIpc) is 2.85. The number of aliphatic carboxylic acids is 1. The van der Waals surface area contributed by atoms with Gasteiger partial charge in [-0.3, -0.25) is 4.79 Å². The summed E-state index contributed by atoms with van der Waals surface area (Å²) in [4.78, 5) is 10.6. The molecule has 0 heterocycles. The third-order valence-electron chi connectivity index (χ3n) is 7.48. The molecular formula is C32H40O2. The first-order valence-corrected chi connectivity index (χ1v) is 13.6. The van der Waals surface area contributed by atoms with Gasteiger partial charge < -0.3 is 5.11 Å². The van der Waals surface area contributed by atoms with E-state index in [2.05, 4.69) is 55.5 Å². The van der Waals surface area contributed by atoms with Crippen molar-refractivity contribution >= 4 is 38.3 Å². The number of hydrogen-bond acceptors (Lipinski definition) is 1. The molecule has 4 rings (SSSR count). The zero-order valence-electron chi connectivity index (χ0n) is 20.9. The molecule has 4 aromatic rings. The summed E-state index contributed by atoms with van der Waals surface area (Å²) in [5.74, 6) is -0.670. The fraction of sp³-hybridized carbons (Fsp3) is 0.469. The molecule has 1 N–H and O–H groups in total. The molecule has 0 aliphatic rings. The summed E-state index contributed by atoms with van der Waals surface area (Å²) in [6, 6.07) is 18.7. The molecule has 0 spiro atoms. The van der Waals surface area contributed by atoms with Crippen molar-refractivity contribution in [3.63, 3.8) is 0 Å². The lowest BCUT2D eigenvalue weighted by Crippen LogP contribution is -1.94. The lowest BCUT2D eigenvalue weighted by molar-refractivity contribution is -0.137. The van der Waals surface area contributed by atoms with Gasteiger partial charge in [0.1, 0.15) is 0 Å². The van der Waals surface area contributed by atoms with Crippen molar-refractivity contribution in [2.45, 2.75) is 96.8 Å². The van der Waals surface area contributed by atoms with E-state index in [-0.39, 0.29) is 0 Å². The van der Waals surface area contributed by atoms with Crippen molar-refractivity contribution in [2.24, 2.45) is 0 Å². The van der Waals surface area contributed by atoms with Gasteiger partial charge in [-0.2, -0.15) is 0 Å². The van der Waals surface area contributed by atoms with Gasteiger partial charge in [-0.1, -0.05) is 107 Å². The van der Waals surface area contributed by atoms with E-state index < -0.39 is 5.97 Å². The maximum Gasteiger partial charge on any atom is 0.303 e. The van der Waals surface area contributed by atoms with Crippen LogP contribution in [0.15, 0.2) is 48.5 Å². The summed E-state index contributed by atoms with van der Waals surface area (Å²) < 4.78 is 0. The average molecular weight is 457 g/mol. The van der Waals surface area contributed by atoms with Crippen LogP contribution in [-0.2, 0) is 17.6 Å². The monoisotopic (exact) mass is 456 g/mol. The van der Waals surface area contributed by atoms with Crippen molar-refractivity contribution in [1.29, 1.82) is 0 Å². The van der Waals surface area contributed by atoms with Crippen LogP contribution in [0.5, 0.6) is 0 Å². The van der Waals surface area contributed by atoms with Crippen molar-refractivity contribution in [3.05, 3.63) is 59.7 Å². The van der Waals surface area contributed by atoms with Gasteiger partial charge in [0.05, 0.1) is 0 Å². The zero-order chi connectivity index (χ0) is 23.8. The van der Waals surface area contributed by atoms with E-state index in [4.69, 9.17) is 5.11 Å². The van der Waals surface area contributed by atoms with Gasteiger partial charge in [-0.25, -0.2) is 0 Å². The van der Waals surface area contributed by atoms with Gasteiger partial charge in [0.15, 0.2) is 0 Å². The number of carbonyl (C=O) groups is 1. The van der Waals surface area contributed by atoms with Crippen LogP contribution < -0.4 is 0 Å². The lowest BCUT2D eigenvalue weighted by atomic mass is 9.88. The van der Waals surface area contributed by atoms with Crippen LogP contribution in [0.2, 0.25) is 0 Å². The molecular weight excluding hydrogens is 416 g/mol. The van der Waals surface area contributed by atoms with E-state index in [1.165, 1.54) is 101 Å². The molecule has 0 aliphatic carbocycles. The molecule has 0 radical (unpaired) electrons. The predicted molar refractivity (Wildman–Crippen MR) is 146 cm³/mol. The maximum absolute atomic E-state index is 10.6. The Balaban J connectivity index is 1.43. The number of rotatable bonds is 15. The van der Waals surface area contributed by atoms with Gasteiger partial charge in [-0.15, -0.1) is 0 Å². The summed E-state index contributed by atoms with van der Waals surface area (Å²) in [6.07, 6.45) is 15.8. The Morgan fingerprint density at radius 3 is 1.53 bits per heavy atom. The largest absolute Gasteiger partial charge is 0.481 e. The van der Waals surface area contributed by atoms with Gasteiger partial charge in [-0.05, 0) is 75.5 Å². The summed E-state index contributed by atoms with van der Waals surface area (Å²) in [6.45, 7) is 2.28. The Morgan fingerprint density at radius 1 is 0.588 bits per heavy atom. The second kappa shape index (κ2) is 12.2. The Hall–Kier alpha value is -2.61. The highest BCUT2D eigenvalue weighted by molar-refractivity contribution is 6.24. The number of aryl methyl sites for hydroxylation is 2. The van der Waals surface area contributed by atoms with E-state index in [1.54, 1.807) is 0 Å². The molecule has 2 heteroatoms. The number of carboxylic acids is 1. The second-order valence-electron chi connectivity index (χ2n) is 10.1. The fourth-order valence-electron chi connectivity index (χ4n) is 5.58. The van der Waals surface area contributed by atoms with Gasteiger partial charge >= 0.3 is 5.97 Å². The Bertz CT molecular complexity index is 1210. The minimum absolute atomic E-state index is 0.314. The van der Waals surface area contributed by atoms with Gasteiger partial charge in [0, 0.05) is 6.42 Å². The van der Waals surface area contributed by atoms with Crippen LogP contribution in [-0.4, -0.2) is 11.1 Å². The second-order valence-corrected chi connectivity index (χ2v) is 10.1. The topological polar surface area (TPSA) is 37.3 Å². The summed E-state index contributed by atoms with van der Waals surface area (Å²) in [5, 5.41) is 17.3. The van der Waals surface area contributed by atoms with Gasteiger partial charge in [0.25, 0.3) is 0 Å². The molecule has 0 amide bonds. The summed E-state index contributed by atoms with van der Waals surface area (Å²) in [7, 11) is 0. The number of benzene rings is 4. The molecule has 0 fully saturated rings. The third-order valence-corrected chi connectivity index (χ3v) is 7.48. The first-order valence-electron chi connectivity index (χ1n) is 13.6. The smallest absolute Gasteiger partial charge is 0.303 e. The molecule has 0 aromatic heterocycles. The fourth-order valence-corrected chi connectivity index (χ4v) is 5.58. The van der Waals surface area contributed by atoms with Crippen LogP contribution in [0.3, 0.4) is 0 Å². The summed E-state index contributed by atoms with van der Waals surface area (Å²) >= 11 is 0. The van der Waals surface area contributed by atoms with E-state index in [9.17, 15) is 4.79 Å². The van der Waals surface area contributed by atoms with Crippen molar-refractivity contribution in [1.82, 2.24) is 0 Å². The highest BCUT2D eigenvalue weighted by atomic mass is 16.4. The van der Waals surface area contributed by atoms with E-state index in [1.807, 2.05) is 0 Å². The van der Waals surface area contributed by atoms with Crippen LogP contribution in [0.4, 0.5) is 0 Å². The Labute approximate surface area is 204 Å². The first kappa shape index (κ1) is 24.5. The highest BCUT2D eigenvalue weighted by Crippen LogP contribution is 2.38. The van der Waals surface area contributed by atoms with Crippen LogP contribution in [0.1, 0.15) is 95.1 Å².